The molecule has 2 bridgehead atoms. The van der Waals surface area contributed by atoms with E-state index in [0.29, 0.717) is 36.6 Å². The molecule has 11 heteroatoms. The molecule has 0 spiro atoms. The van der Waals surface area contributed by atoms with E-state index in [-0.39, 0.29) is 42.5 Å². The fourth-order valence-corrected chi connectivity index (χ4v) is 4.83. The number of piperidine rings is 2. The Morgan fingerprint density at radius 1 is 1.08 bits per heavy atom. The number of piperazine rings is 1. The minimum Gasteiger partial charge on any atom is -0.483 e. The van der Waals surface area contributed by atoms with E-state index >= 15 is 0 Å². The predicted molar refractivity (Wildman–Crippen MR) is 135 cm³/mol. The lowest BCUT2D eigenvalue weighted by atomic mass is 9.91. The van der Waals surface area contributed by atoms with Gasteiger partial charge in [-0.15, -0.1) is 0 Å². The van der Waals surface area contributed by atoms with E-state index in [0.717, 1.165) is 37.8 Å². The fraction of sp³-hybridized carbons (Fsp3) is 0.560. The van der Waals surface area contributed by atoms with Gasteiger partial charge in [0.1, 0.15) is 0 Å². The topological polar surface area (TPSA) is 137 Å². The first-order valence-electron chi connectivity index (χ1n) is 12.5. The maximum atomic E-state index is 13.7. The molecule has 3 fully saturated rings. The van der Waals surface area contributed by atoms with Gasteiger partial charge in [0.05, 0.1) is 11.9 Å². The third kappa shape index (κ3) is 6.01. The van der Waals surface area contributed by atoms with Gasteiger partial charge in [-0.05, 0) is 50.4 Å². The standard InChI is InChI=1S/C24H34N6O3.CH2O2/c1-4-10-25-21(31)13-16-6-9-20-19(12-16)22(27-30(20)24(33)26-11-5-2)23(32)29-15-17-7-8-18(29)14-28(17)3;2-1-3/h6,9,12,17-18H,4-5,7-8,10-11,13-15H2,1-3H3,(H,25,31)(H,26,33);1H,(H,2,3). The third-order valence-electron chi connectivity index (χ3n) is 6.67. The van der Waals surface area contributed by atoms with E-state index in [1.165, 1.54) is 4.68 Å². The Labute approximate surface area is 210 Å². The highest BCUT2D eigenvalue weighted by Gasteiger charge is 2.40. The summed E-state index contributed by atoms with van der Waals surface area (Å²) in [5, 5.41) is 17.7. The zero-order valence-electron chi connectivity index (χ0n) is 21.2. The van der Waals surface area contributed by atoms with Gasteiger partial charge in [0.25, 0.3) is 12.4 Å². The van der Waals surface area contributed by atoms with Crippen molar-refractivity contribution in [3.8, 4) is 0 Å². The van der Waals surface area contributed by atoms with Crippen molar-refractivity contribution in [1.29, 1.82) is 0 Å². The Kier molecular flexibility index (Phi) is 9.40. The highest BCUT2D eigenvalue weighted by atomic mass is 16.3. The lowest BCUT2D eigenvalue weighted by molar-refractivity contribution is -0.123. The second-order valence-electron chi connectivity index (χ2n) is 9.26. The second kappa shape index (κ2) is 12.5. The summed E-state index contributed by atoms with van der Waals surface area (Å²) in [6.45, 7) is 6.43. The smallest absolute Gasteiger partial charge is 0.342 e. The Morgan fingerprint density at radius 2 is 1.75 bits per heavy atom. The number of hydrogen-bond donors (Lipinski definition) is 3. The van der Waals surface area contributed by atoms with Crippen LogP contribution in [0.2, 0.25) is 0 Å². The molecular formula is C25H36N6O5. The normalized spacial score (nSPS) is 18.9. The predicted octanol–water partition coefficient (Wildman–Crippen LogP) is 1.69. The van der Waals surface area contributed by atoms with Crippen molar-refractivity contribution in [2.45, 2.75) is 58.0 Å². The van der Waals surface area contributed by atoms with Crippen LogP contribution in [0.15, 0.2) is 18.2 Å². The molecule has 3 N–H and O–H groups in total. The number of fused-ring (bicyclic) bond motifs is 4. The Hall–Kier alpha value is -3.47. The summed E-state index contributed by atoms with van der Waals surface area (Å²) in [4.78, 5) is 51.3. The summed E-state index contributed by atoms with van der Waals surface area (Å²) in [6.07, 6.45) is 3.97. The van der Waals surface area contributed by atoms with Crippen LogP contribution in [0.5, 0.6) is 0 Å². The molecule has 3 amide bonds. The van der Waals surface area contributed by atoms with Crippen LogP contribution < -0.4 is 10.6 Å². The van der Waals surface area contributed by atoms with Gasteiger partial charge in [0.15, 0.2) is 5.69 Å². The number of aromatic nitrogens is 2. The van der Waals surface area contributed by atoms with Gasteiger partial charge in [-0.25, -0.2) is 4.79 Å². The maximum absolute atomic E-state index is 13.7. The zero-order chi connectivity index (χ0) is 26.2. The molecule has 1 aromatic heterocycles. The molecule has 196 valence electrons. The Morgan fingerprint density at radius 3 is 2.36 bits per heavy atom. The number of carbonyl (C=O) groups excluding carboxylic acids is 3. The summed E-state index contributed by atoms with van der Waals surface area (Å²) in [5.41, 5.74) is 1.64. The SMILES string of the molecule is CCCNC(=O)Cc1ccc2c(c1)c(C(=O)N1CC3CCC1CN3C)nn2C(=O)NCCC.O=CO. The lowest BCUT2D eigenvalue weighted by Gasteiger charge is -2.50. The minimum atomic E-state index is -0.353. The first kappa shape index (κ1) is 27.1. The number of likely N-dealkylation sites (N-methyl/N-ethyl adjacent to an activating group) is 1. The molecule has 2 unspecified atom stereocenters. The third-order valence-corrected chi connectivity index (χ3v) is 6.67. The van der Waals surface area contributed by atoms with Crippen LogP contribution in [0, 0.1) is 0 Å². The van der Waals surface area contributed by atoms with Crippen molar-refractivity contribution in [2.24, 2.45) is 0 Å². The van der Waals surface area contributed by atoms with Gasteiger partial charge >= 0.3 is 6.03 Å². The highest BCUT2D eigenvalue weighted by molar-refractivity contribution is 6.07. The highest BCUT2D eigenvalue weighted by Crippen LogP contribution is 2.30. The molecule has 11 nitrogen and oxygen atoms in total. The van der Waals surface area contributed by atoms with Crippen LogP contribution in [0.25, 0.3) is 10.9 Å². The Bertz CT molecular complexity index is 1100. The fourth-order valence-electron chi connectivity index (χ4n) is 4.83. The molecule has 2 aromatic rings. The molecule has 5 rings (SSSR count). The van der Waals surface area contributed by atoms with Crippen LogP contribution in [-0.4, -0.2) is 94.3 Å². The molecule has 36 heavy (non-hydrogen) atoms. The van der Waals surface area contributed by atoms with Crippen LogP contribution in [-0.2, 0) is 16.0 Å². The monoisotopic (exact) mass is 500 g/mol. The molecule has 2 atom stereocenters. The van der Waals surface area contributed by atoms with Gasteiger partial charge in [-0.1, -0.05) is 19.9 Å². The number of carbonyl (C=O) groups is 4. The molecule has 3 saturated heterocycles. The molecule has 0 aliphatic carbocycles. The van der Waals surface area contributed by atoms with Crippen molar-refractivity contribution in [2.75, 3.05) is 33.2 Å². The summed E-state index contributed by atoms with van der Waals surface area (Å²) in [6, 6.07) is 5.60. The summed E-state index contributed by atoms with van der Waals surface area (Å²) >= 11 is 0. The summed E-state index contributed by atoms with van der Waals surface area (Å²) < 4.78 is 1.29. The van der Waals surface area contributed by atoms with Crippen molar-refractivity contribution < 1.29 is 24.3 Å². The van der Waals surface area contributed by atoms with Gasteiger partial charge < -0.3 is 20.6 Å². The van der Waals surface area contributed by atoms with Crippen LogP contribution in [0.3, 0.4) is 0 Å². The second-order valence-corrected chi connectivity index (χ2v) is 9.26. The lowest BCUT2D eigenvalue weighted by Crippen LogP contribution is -2.62. The first-order chi connectivity index (χ1) is 17.3. The number of rotatable bonds is 7. The molecular weight excluding hydrogens is 464 g/mol. The van der Waals surface area contributed by atoms with Crippen molar-refractivity contribution in [3.63, 3.8) is 0 Å². The maximum Gasteiger partial charge on any atom is 0.342 e. The first-order valence-corrected chi connectivity index (χ1v) is 12.5. The average molecular weight is 501 g/mol. The number of benzene rings is 1. The molecule has 0 radical (unpaired) electrons. The minimum absolute atomic E-state index is 0.0615. The number of hydrogen-bond acceptors (Lipinski definition) is 6. The number of nitrogens with one attached hydrogen (secondary N) is 2. The van der Waals surface area contributed by atoms with E-state index in [2.05, 4.69) is 27.7 Å². The quantitative estimate of drug-likeness (QED) is 0.492. The molecule has 3 aliphatic rings. The number of amides is 3. The van der Waals surface area contributed by atoms with Crippen LogP contribution >= 0.6 is 0 Å². The van der Waals surface area contributed by atoms with Crippen molar-refractivity contribution >= 4 is 35.2 Å². The zero-order valence-corrected chi connectivity index (χ0v) is 21.2. The molecule has 4 heterocycles. The summed E-state index contributed by atoms with van der Waals surface area (Å²) in [5.74, 6) is -0.203. The average Bonchev–Trinajstić information content (AvgIpc) is 3.25. The van der Waals surface area contributed by atoms with Crippen LogP contribution in [0.4, 0.5) is 4.79 Å². The van der Waals surface area contributed by atoms with Gasteiger partial charge in [-0.2, -0.15) is 9.78 Å². The van der Waals surface area contributed by atoms with Crippen molar-refractivity contribution in [1.82, 2.24) is 30.2 Å². The van der Waals surface area contributed by atoms with Crippen molar-refractivity contribution in [3.05, 3.63) is 29.5 Å². The Balaban J connectivity index is 0.00000115. The van der Waals surface area contributed by atoms with Gasteiger partial charge in [-0.3, -0.25) is 19.3 Å². The number of carboxylic acid groups (broad SMARTS) is 1. The molecule has 0 saturated carbocycles. The van der Waals surface area contributed by atoms with E-state index in [1.54, 1.807) is 6.07 Å². The largest absolute Gasteiger partial charge is 0.483 e. The van der Waals surface area contributed by atoms with Gasteiger partial charge in [0.2, 0.25) is 5.91 Å². The van der Waals surface area contributed by atoms with E-state index in [4.69, 9.17) is 9.90 Å². The van der Waals surface area contributed by atoms with E-state index < -0.39 is 0 Å². The number of nitrogens with zero attached hydrogens (tertiary/aromatic N) is 4. The molecule has 1 aromatic carbocycles. The van der Waals surface area contributed by atoms with Gasteiger partial charge in [0, 0.05) is 43.6 Å². The van der Waals surface area contributed by atoms with E-state index in [1.807, 2.05) is 30.9 Å². The van der Waals surface area contributed by atoms with Crippen LogP contribution in [0.1, 0.15) is 55.6 Å². The summed E-state index contributed by atoms with van der Waals surface area (Å²) in [7, 11) is 2.11. The van der Waals surface area contributed by atoms with E-state index in [9.17, 15) is 14.4 Å². The molecule has 3 aliphatic heterocycles.